The molecule has 1 amide bonds. The zero-order valence-corrected chi connectivity index (χ0v) is 26.1. The molecule has 0 N–H and O–H groups in total. The summed E-state index contributed by atoms with van der Waals surface area (Å²) in [7, 11) is -0.601. The lowest BCUT2D eigenvalue weighted by molar-refractivity contribution is -0.00377. The lowest BCUT2D eigenvalue weighted by Crippen LogP contribution is -2.46. The van der Waals surface area contributed by atoms with E-state index >= 15 is 0 Å². The minimum Gasteiger partial charge on any atom is -0.444 e. The number of rotatable bonds is 3. The van der Waals surface area contributed by atoms with Crippen molar-refractivity contribution >= 4 is 35.8 Å². The number of carbonyl (C=O) groups is 2. The third-order valence-corrected chi connectivity index (χ3v) is 7.98. The first-order valence-electron chi connectivity index (χ1n) is 14.4. The number of carbonyl (C=O) groups excluding carboxylic acids is 2. The summed E-state index contributed by atoms with van der Waals surface area (Å²) in [5.74, 6) is 0.578. The molecule has 220 valence electrons. The van der Waals surface area contributed by atoms with E-state index in [1.165, 1.54) is 4.57 Å². The van der Waals surface area contributed by atoms with Gasteiger partial charge in [0.15, 0.2) is 0 Å². The van der Waals surface area contributed by atoms with Crippen LogP contribution < -0.4 is 5.46 Å². The Morgan fingerprint density at radius 3 is 2.12 bits per heavy atom. The van der Waals surface area contributed by atoms with Gasteiger partial charge < -0.3 is 18.8 Å². The van der Waals surface area contributed by atoms with Crippen LogP contribution in [-0.4, -0.2) is 62.7 Å². The minimum atomic E-state index is -0.726. The molecule has 40 heavy (non-hydrogen) atoms. The number of ether oxygens (including phenoxy) is 2. The number of imidazole rings is 1. The summed E-state index contributed by atoms with van der Waals surface area (Å²) in [6, 6.07) is 5.24. The van der Waals surface area contributed by atoms with Gasteiger partial charge in [0.05, 0.1) is 28.3 Å². The van der Waals surface area contributed by atoms with Crippen LogP contribution in [0.25, 0.3) is 11.0 Å². The normalized spacial score (nSPS) is 23.0. The number of benzene rings is 1. The van der Waals surface area contributed by atoms with Crippen LogP contribution in [0.1, 0.15) is 107 Å². The zero-order valence-electron chi connectivity index (χ0n) is 26.1. The third kappa shape index (κ3) is 6.03. The molecule has 2 atom stereocenters. The summed E-state index contributed by atoms with van der Waals surface area (Å²) < 4.78 is 25.8. The summed E-state index contributed by atoms with van der Waals surface area (Å²) in [5, 5.41) is 0. The lowest BCUT2D eigenvalue weighted by Gasteiger charge is -2.41. The highest BCUT2D eigenvalue weighted by atomic mass is 16.7. The monoisotopic (exact) mass is 555 g/mol. The Labute approximate surface area is 239 Å². The van der Waals surface area contributed by atoms with Crippen molar-refractivity contribution in [2.45, 2.75) is 124 Å². The zero-order chi connectivity index (χ0) is 29.8. The van der Waals surface area contributed by atoms with Crippen LogP contribution >= 0.6 is 0 Å². The third-order valence-electron chi connectivity index (χ3n) is 7.98. The molecule has 2 fully saturated rings. The number of hydrogen-bond acceptors (Lipinski definition) is 7. The van der Waals surface area contributed by atoms with Crippen molar-refractivity contribution in [1.29, 1.82) is 0 Å². The number of amides is 1. The fraction of sp³-hybridized carbons (Fsp3) is 0.700. The number of fused-ring (bicyclic) bond motifs is 1. The Morgan fingerprint density at radius 1 is 1.00 bits per heavy atom. The van der Waals surface area contributed by atoms with E-state index in [1.807, 2.05) is 87.4 Å². The van der Waals surface area contributed by atoms with E-state index in [-0.39, 0.29) is 5.92 Å². The highest BCUT2D eigenvalue weighted by molar-refractivity contribution is 6.62. The van der Waals surface area contributed by atoms with Gasteiger partial charge in [0.25, 0.3) is 0 Å². The topological polar surface area (TPSA) is 92.1 Å². The van der Waals surface area contributed by atoms with Crippen LogP contribution in [-0.2, 0) is 18.8 Å². The second-order valence-electron chi connectivity index (χ2n) is 14.1. The first-order chi connectivity index (χ1) is 18.3. The van der Waals surface area contributed by atoms with E-state index in [1.54, 1.807) is 4.90 Å². The second-order valence-corrected chi connectivity index (χ2v) is 14.1. The highest BCUT2D eigenvalue weighted by Gasteiger charge is 2.52. The molecule has 10 heteroatoms. The van der Waals surface area contributed by atoms with E-state index < -0.39 is 47.8 Å². The van der Waals surface area contributed by atoms with Crippen LogP contribution in [0.15, 0.2) is 18.2 Å². The fourth-order valence-electron chi connectivity index (χ4n) is 5.31. The van der Waals surface area contributed by atoms with Gasteiger partial charge in [-0.3, -0.25) is 4.90 Å². The molecule has 4 rings (SSSR count). The molecule has 0 aliphatic carbocycles. The predicted octanol–water partition coefficient (Wildman–Crippen LogP) is 6.22. The largest absolute Gasteiger partial charge is 0.494 e. The van der Waals surface area contributed by atoms with Gasteiger partial charge in [-0.2, -0.15) is 0 Å². The van der Waals surface area contributed by atoms with E-state index in [2.05, 4.69) is 6.92 Å². The number of aromatic nitrogens is 2. The molecule has 2 saturated heterocycles. The Hall–Kier alpha value is -2.59. The summed E-state index contributed by atoms with van der Waals surface area (Å²) in [6.45, 7) is 21.7. The summed E-state index contributed by atoms with van der Waals surface area (Å²) in [4.78, 5) is 34.0. The van der Waals surface area contributed by atoms with Crippen molar-refractivity contribution in [1.82, 2.24) is 14.5 Å². The first kappa shape index (κ1) is 30.4. The van der Waals surface area contributed by atoms with E-state index in [4.69, 9.17) is 23.8 Å². The smallest absolute Gasteiger partial charge is 0.444 e. The van der Waals surface area contributed by atoms with Gasteiger partial charge in [-0.1, -0.05) is 19.4 Å². The van der Waals surface area contributed by atoms with Crippen molar-refractivity contribution in [3.63, 3.8) is 0 Å². The number of likely N-dealkylation sites (tertiary alicyclic amines) is 1. The Morgan fingerprint density at radius 2 is 1.57 bits per heavy atom. The maximum absolute atomic E-state index is 13.8. The molecule has 9 nitrogen and oxygen atoms in total. The van der Waals surface area contributed by atoms with Crippen LogP contribution in [0, 0.1) is 5.92 Å². The van der Waals surface area contributed by atoms with Gasteiger partial charge in [0, 0.05) is 6.54 Å². The fourth-order valence-corrected chi connectivity index (χ4v) is 5.31. The number of piperidine rings is 1. The van der Waals surface area contributed by atoms with Gasteiger partial charge in [0.2, 0.25) is 0 Å². The molecule has 1 aromatic heterocycles. The van der Waals surface area contributed by atoms with Crippen molar-refractivity contribution in [2.24, 2.45) is 5.92 Å². The summed E-state index contributed by atoms with van der Waals surface area (Å²) in [5.41, 5.74) is -0.394. The van der Waals surface area contributed by atoms with Crippen LogP contribution in [0.2, 0.25) is 0 Å². The molecule has 0 bridgehead atoms. The Balaban J connectivity index is 1.87. The van der Waals surface area contributed by atoms with Crippen molar-refractivity contribution in [2.75, 3.05) is 6.54 Å². The molecule has 3 heterocycles. The van der Waals surface area contributed by atoms with E-state index in [9.17, 15) is 9.59 Å². The van der Waals surface area contributed by atoms with Gasteiger partial charge >= 0.3 is 19.3 Å². The average Bonchev–Trinajstić information content (AvgIpc) is 3.28. The van der Waals surface area contributed by atoms with Gasteiger partial charge in [-0.05, 0) is 106 Å². The maximum atomic E-state index is 13.8. The summed E-state index contributed by atoms with van der Waals surface area (Å²) in [6.07, 6.45) is 1.64. The van der Waals surface area contributed by atoms with Gasteiger partial charge in [-0.15, -0.1) is 0 Å². The highest BCUT2D eigenvalue weighted by Crippen LogP contribution is 2.40. The molecule has 0 radical (unpaired) electrons. The van der Waals surface area contributed by atoms with E-state index in [0.29, 0.717) is 23.4 Å². The van der Waals surface area contributed by atoms with Crippen LogP contribution in [0.3, 0.4) is 0 Å². The molecular weight excluding hydrogens is 509 g/mol. The number of nitrogens with zero attached hydrogens (tertiary/aromatic N) is 3. The molecule has 1 unspecified atom stereocenters. The van der Waals surface area contributed by atoms with Crippen LogP contribution in [0.4, 0.5) is 9.59 Å². The predicted molar refractivity (Wildman–Crippen MR) is 156 cm³/mol. The molecular formula is C30H46BN3O6. The van der Waals surface area contributed by atoms with Gasteiger partial charge in [-0.25, -0.2) is 19.1 Å². The SMILES string of the molecule is CC[C@@H]1CCCN(C(=O)OC(C)(C)C)C1c1nc2ccc(B3OC(C)(C)C(C)(C)O3)cc2n1C(=O)OC(C)(C)C. The first-order valence-corrected chi connectivity index (χ1v) is 14.4. The average molecular weight is 556 g/mol. The quantitative estimate of drug-likeness (QED) is 0.416. The van der Waals surface area contributed by atoms with E-state index in [0.717, 1.165) is 24.7 Å². The van der Waals surface area contributed by atoms with Crippen molar-refractivity contribution in [3.05, 3.63) is 24.0 Å². The number of hydrogen-bond donors (Lipinski definition) is 0. The lowest BCUT2D eigenvalue weighted by atomic mass is 9.79. The minimum absolute atomic E-state index is 0.0989. The molecule has 0 spiro atoms. The molecule has 1 aromatic carbocycles. The van der Waals surface area contributed by atoms with Gasteiger partial charge in [0.1, 0.15) is 17.0 Å². The molecule has 2 aliphatic rings. The Bertz CT molecular complexity index is 1260. The molecule has 2 aromatic rings. The van der Waals surface area contributed by atoms with Crippen molar-refractivity contribution < 1.29 is 28.4 Å². The Kier molecular flexibility index (Phi) is 7.86. The standard InChI is InChI=1S/C30H46BN3O6/c1-12-19-14-13-17-33(25(35)37-27(2,3)4)23(19)24-32-21-16-15-20(31-39-29(8,9)30(10,11)40-31)18-22(21)34(24)26(36)38-28(5,6)7/h15-16,18-19,23H,12-14,17H2,1-11H3/t19-,23?/m1/s1. The van der Waals surface area contributed by atoms with Crippen molar-refractivity contribution in [3.8, 4) is 0 Å². The van der Waals surface area contributed by atoms with Crippen LogP contribution in [0.5, 0.6) is 0 Å². The summed E-state index contributed by atoms with van der Waals surface area (Å²) >= 11 is 0. The molecule has 0 saturated carbocycles. The second kappa shape index (κ2) is 10.4. The maximum Gasteiger partial charge on any atom is 0.494 e. The molecule has 2 aliphatic heterocycles.